The van der Waals surface area contributed by atoms with E-state index in [2.05, 4.69) is 10.6 Å². The van der Waals surface area contributed by atoms with Gasteiger partial charge in [-0.2, -0.15) is 0 Å². The van der Waals surface area contributed by atoms with Gasteiger partial charge in [0.05, 0.1) is 17.4 Å². The average molecular weight is 457 g/mol. The second-order valence-electron chi connectivity index (χ2n) is 6.49. The van der Waals surface area contributed by atoms with Gasteiger partial charge < -0.3 is 20.5 Å². The van der Waals surface area contributed by atoms with Crippen molar-refractivity contribution in [3.05, 3.63) is 66.2 Å². The molecular weight excluding hydrogens is 432 g/mol. The maximum Gasteiger partial charge on any atom is 0.338 e. The number of amides is 2. The van der Waals surface area contributed by atoms with Crippen molar-refractivity contribution in [1.82, 2.24) is 0 Å². The fraction of sp³-hybridized carbons (Fsp3) is 0.217. The standard InChI is InChI=1S/C23H24N2O6S/c1-3-19(22(29)25-16-10-8-15(9-11-16)23(30)31-4-2)32-18-7-5-6-17(14-18)24-20(26)12-13-21(27)28/h5-14,19H,3-4H2,1-2H3,(H,24,26)(H,25,29)(H,27,28)/b13-12+. The Morgan fingerprint density at radius 2 is 1.72 bits per heavy atom. The van der Waals surface area contributed by atoms with Crippen molar-refractivity contribution in [3.8, 4) is 0 Å². The Labute approximate surface area is 190 Å². The van der Waals surface area contributed by atoms with Gasteiger partial charge in [-0.1, -0.05) is 13.0 Å². The number of ether oxygens (including phenoxy) is 1. The van der Waals surface area contributed by atoms with Gasteiger partial charge >= 0.3 is 11.9 Å². The third kappa shape index (κ3) is 7.92. The highest BCUT2D eigenvalue weighted by Crippen LogP contribution is 2.28. The van der Waals surface area contributed by atoms with Crippen LogP contribution >= 0.6 is 11.8 Å². The minimum absolute atomic E-state index is 0.194. The molecule has 3 N–H and O–H groups in total. The second-order valence-corrected chi connectivity index (χ2v) is 7.77. The molecule has 9 heteroatoms. The molecular formula is C23H24N2O6S. The van der Waals surface area contributed by atoms with E-state index in [9.17, 15) is 19.2 Å². The molecule has 2 aromatic rings. The summed E-state index contributed by atoms with van der Waals surface area (Å²) in [4.78, 5) is 47.5. The number of benzene rings is 2. The Morgan fingerprint density at radius 1 is 1.00 bits per heavy atom. The van der Waals surface area contributed by atoms with Gasteiger partial charge in [-0.05, 0) is 55.8 Å². The first-order valence-corrected chi connectivity index (χ1v) is 10.8. The van der Waals surface area contributed by atoms with Gasteiger partial charge in [0.15, 0.2) is 0 Å². The highest BCUT2D eigenvalue weighted by molar-refractivity contribution is 8.00. The normalized spacial score (nSPS) is 11.6. The molecule has 0 saturated heterocycles. The number of carbonyl (C=O) groups excluding carboxylic acids is 3. The van der Waals surface area contributed by atoms with E-state index in [1.165, 1.54) is 11.8 Å². The average Bonchev–Trinajstić information content (AvgIpc) is 2.77. The fourth-order valence-corrected chi connectivity index (χ4v) is 3.60. The highest BCUT2D eigenvalue weighted by Gasteiger charge is 2.18. The van der Waals surface area contributed by atoms with Crippen LogP contribution in [0.2, 0.25) is 0 Å². The van der Waals surface area contributed by atoms with Crippen LogP contribution in [0.5, 0.6) is 0 Å². The molecule has 0 saturated carbocycles. The second kappa shape index (κ2) is 12.3. The molecule has 168 valence electrons. The van der Waals surface area contributed by atoms with Crippen LogP contribution < -0.4 is 10.6 Å². The number of anilines is 2. The topological polar surface area (TPSA) is 122 Å². The van der Waals surface area contributed by atoms with Crippen LogP contribution in [0, 0.1) is 0 Å². The van der Waals surface area contributed by atoms with E-state index in [0.29, 0.717) is 23.4 Å². The lowest BCUT2D eigenvalue weighted by molar-refractivity contribution is -0.131. The molecule has 2 rings (SSSR count). The van der Waals surface area contributed by atoms with Crippen LogP contribution in [0.1, 0.15) is 30.6 Å². The van der Waals surface area contributed by atoms with E-state index in [4.69, 9.17) is 9.84 Å². The Balaban J connectivity index is 2.00. The molecule has 0 radical (unpaired) electrons. The molecule has 32 heavy (non-hydrogen) atoms. The van der Waals surface area contributed by atoms with Crippen molar-refractivity contribution in [2.24, 2.45) is 0 Å². The minimum Gasteiger partial charge on any atom is -0.478 e. The van der Waals surface area contributed by atoms with Crippen LogP contribution in [0.4, 0.5) is 11.4 Å². The monoisotopic (exact) mass is 456 g/mol. The van der Waals surface area contributed by atoms with E-state index in [0.717, 1.165) is 17.0 Å². The number of hydrogen-bond acceptors (Lipinski definition) is 6. The lowest BCUT2D eigenvalue weighted by Gasteiger charge is -2.15. The van der Waals surface area contributed by atoms with Crippen LogP contribution in [0.3, 0.4) is 0 Å². The lowest BCUT2D eigenvalue weighted by Crippen LogP contribution is -2.24. The zero-order chi connectivity index (χ0) is 23.5. The van der Waals surface area contributed by atoms with Crippen LogP contribution in [-0.2, 0) is 19.1 Å². The van der Waals surface area contributed by atoms with Crippen molar-refractivity contribution in [3.63, 3.8) is 0 Å². The number of rotatable bonds is 10. The minimum atomic E-state index is -1.21. The zero-order valence-electron chi connectivity index (χ0n) is 17.7. The van der Waals surface area contributed by atoms with Crippen molar-refractivity contribution in [1.29, 1.82) is 0 Å². The highest BCUT2D eigenvalue weighted by atomic mass is 32.2. The number of nitrogens with one attached hydrogen (secondary N) is 2. The molecule has 0 aliphatic carbocycles. The quantitative estimate of drug-likeness (QED) is 0.281. The molecule has 8 nitrogen and oxygen atoms in total. The molecule has 0 aliphatic heterocycles. The predicted octanol–water partition coefficient (Wildman–Crippen LogP) is 3.95. The van der Waals surface area contributed by atoms with Gasteiger partial charge in [-0.25, -0.2) is 9.59 Å². The summed E-state index contributed by atoms with van der Waals surface area (Å²) in [5.74, 6) is -2.39. The van der Waals surface area contributed by atoms with Crippen molar-refractivity contribution in [2.45, 2.75) is 30.4 Å². The fourth-order valence-electron chi connectivity index (χ4n) is 2.59. The first-order valence-electron chi connectivity index (χ1n) is 9.89. The summed E-state index contributed by atoms with van der Waals surface area (Å²) in [6, 6.07) is 13.4. The SMILES string of the molecule is CCOC(=O)c1ccc(NC(=O)C(CC)Sc2cccc(NC(=O)/C=C/C(=O)O)c2)cc1. The van der Waals surface area contributed by atoms with E-state index >= 15 is 0 Å². The van der Waals surface area contributed by atoms with Gasteiger partial charge in [0, 0.05) is 28.4 Å². The van der Waals surface area contributed by atoms with E-state index < -0.39 is 23.1 Å². The third-order valence-electron chi connectivity index (χ3n) is 4.08. The van der Waals surface area contributed by atoms with Gasteiger partial charge in [0.1, 0.15) is 0 Å². The van der Waals surface area contributed by atoms with Crippen LogP contribution in [-0.4, -0.2) is 40.7 Å². The maximum absolute atomic E-state index is 12.7. The number of thioether (sulfide) groups is 1. The lowest BCUT2D eigenvalue weighted by atomic mass is 10.2. The molecule has 2 amide bonds. The molecule has 2 aromatic carbocycles. The number of esters is 1. The molecule has 0 fully saturated rings. The summed E-state index contributed by atoms with van der Waals surface area (Å²) in [5.41, 5.74) is 1.46. The largest absolute Gasteiger partial charge is 0.478 e. The Bertz CT molecular complexity index is 1000. The molecule has 0 spiro atoms. The summed E-state index contributed by atoms with van der Waals surface area (Å²) in [6.45, 7) is 3.91. The maximum atomic E-state index is 12.7. The van der Waals surface area contributed by atoms with E-state index in [-0.39, 0.29) is 12.5 Å². The molecule has 1 unspecified atom stereocenters. The number of hydrogen-bond donors (Lipinski definition) is 3. The molecule has 0 aromatic heterocycles. The van der Waals surface area contributed by atoms with E-state index in [1.807, 2.05) is 13.0 Å². The molecule has 0 heterocycles. The molecule has 0 aliphatic rings. The summed E-state index contributed by atoms with van der Waals surface area (Å²) in [6.07, 6.45) is 2.25. The third-order valence-corrected chi connectivity index (χ3v) is 5.44. The molecule has 1 atom stereocenters. The summed E-state index contributed by atoms with van der Waals surface area (Å²) >= 11 is 1.34. The number of carbonyl (C=O) groups is 4. The summed E-state index contributed by atoms with van der Waals surface area (Å²) < 4.78 is 4.94. The predicted molar refractivity (Wildman–Crippen MR) is 123 cm³/mol. The Hall–Kier alpha value is -3.59. The van der Waals surface area contributed by atoms with E-state index in [1.54, 1.807) is 49.4 Å². The van der Waals surface area contributed by atoms with Gasteiger partial charge in [-0.3, -0.25) is 9.59 Å². The van der Waals surface area contributed by atoms with Crippen LogP contribution in [0.15, 0.2) is 65.6 Å². The van der Waals surface area contributed by atoms with Crippen LogP contribution in [0.25, 0.3) is 0 Å². The number of aliphatic carboxylic acids is 1. The summed E-state index contributed by atoms with van der Waals surface area (Å²) in [7, 11) is 0. The van der Waals surface area contributed by atoms with Crippen molar-refractivity contribution in [2.75, 3.05) is 17.2 Å². The number of carboxylic acids is 1. The first kappa shape index (κ1) is 24.7. The Morgan fingerprint density at radius 3 is 2.34 bits per heavy atom. The number of carboxylic acid groups (broad SMARTS) is 1. The van der Waals surface area contributed by atoms with Crippen molar-refractivity contribution >= 4 is 46.9 Å². The smallest absolute Gasteiger partial charge is 0.338 e. The Kier molecular flexibility index (Phi) is 9.49. The van der Waals surface area contributed by atoms with Gasteiger partial charge in [-0.15, -0.1) is 11.8 Å². The first-order chi connectivity index (χ1) is 15.3. The summed E-state index contributed by atoms with van der Waals surface area (Å²) in [5, 5.41) is 13.6. The van der Waals surface area contributed by atoms with Crippen molar-refractivity contribution < 1.29 is 29.0 Å². The van der Waals surface area contributed by atoms with Gasteiger partial charge in [0.2, 0.25) is 11.8 Å². The molecule has 0 bridgehead atoms. The zero-order valence-corrected chi connectivity index (χ0v) is 18.5. The van der Waals surface area contributed by atoms with Gasteiger partial charge in [0.25, 0.3) is 0 Å².